The smallest absolute Gasteiger partial charge is 0.408 e. The summed E-state index contributed by atoms with van der Waals surface area (Å²) in [7, 11) is 0. The van der Waals surface area contributed by atoms with Gasteiger partial charge in [0.1, 0.15) is 17.2 Å². The number of hydrogen-bond acceptors (Lipinski definition) is 8. The quantitative estimate of drug-likeness (QED) is 0.264. The molecule has 2 saturated carbocycles. The number of amides is 2. The summed E-state index contributed by atoms with van der Waals surface area (Å²) in [5.41, 5.74) is -2.38. The number of carbonyl (C=O) groups excluding carboxylic acids is 4. The van der Waals surface area contributed by atoms with Crippen LogP contribution in [0.1, 0.15) is 55.8 Å². The van der Waals surface area contributed by atoms with E-state index in [9.17, 15) is 24.3 Å². The molecule has 0 unspecified atom stereocenters. The number of aliphatic hydroxyl groups is 1. The van der Waals surface area contributed by atoms with Crippen molar-refractivity contribution >= 4 is 23.9 Å². The first-order chi connectivity index (χ1) is 15.3. The Balaban J connectivity index is 0.00000578. The molecule has 2 fully saturated rings. The number of carbonyl (C=O) groups is 4. The molecule has 0 aromatic rings. The van der Waals surface area contributed by atoms with Crippen molar-refractivity contribution in [3.8, 4) is 0 Å². The van der Waals surface area contributed by atoms with E-state index >= 15 is 0 Å². The zero-order valence-electron chi connectivity index (χ0n) is 20.2. The molecule has 2 aliphatic rings. The van der Waals surface area contributed by atoms with Crippen LogP contribution in [0.3, 0.4) is 0 Å². The Labute approximate surface area is 195 Å². The Hall–Kier alpha value is -2.62. The summed E-state index contributed by atoms with van der Waals surface area (Å²) in [6, 6.07) is -1.01. The second-order valence-corrected chi connectivity index (χ2v) is 9.69. The van der Waals surface area contributed by atoms with Gasteiger partial charge >= 0.3 is 18.0 Å². The van der Waals surface area contributed by atoms with E-state index in [1.54, 1.807) is 34.6 Å². The van der Waals surface area contributed by atoms with E-state index in [4.69, 9.17) is 14.2 Å². The number of fused-ring (bicyclic) bond motifs is 1. The van der Waals surface area contributed by atoms with Gasteiger partial charge in [-0.15, -0.1) is 0 Å². The van der Waals surface area contributed by atoms with Crippen molar-refractivity contribution in [1.29, 1.82) is 0 Å². The van der Waals surface area contributed by atoms with E-state index in [0.717, 1.165) is 6.26 Å². The predicted molar refractivity (Wildman–Crippen MR) is 120 cm³/mol. The monoisotopic (exact) mass is 470 g/mol. The van der Waals surface area contributed by atoms with Gasteiger partial charge in [0.25, 0.3) is 0 Å². The highest BCUT2D eigenvalue weighted by atomic mass is 16.6. The number of ether oxygens (including phenoxy) is 3. The Bertz CT molecular complexity index is 798. The summed E-state index contributed by atoms with van der Waals surface area (Å²) in [6.07, 6.45) is -0.343. The first-order valence-corrected chi connectivity index (χ1v) is 11.3. The van der Waals surface area contributed by atoms with Crippen LogP contribution in [-0.2, 0) is 28.6 Å². The van der Waals surface area contributed by atoms with Crippen molar-refractivity contribution < 1.29 is 39.9 Å². The average Bonchev–Trinajstić information content (AvgIpc) is 3.40. The zero-order valence-corrected chi connectivity index (χ0v) is 20.2. The summed E-state index contributed by atoms with van der Waals surface area (Å²) in [5, 5.41) is 15.9. The second-order valence-electron chi connectivity index (χ2n) is 9.69. The third kappa shape index (κ3) is 5.66. The highest BCUT2D eigenvalue weighted by Crippen LogP contribution is 2.63. The fourth-order valence-electron chi connectivity index (χ4n) is 4.61. The van der Waals surface area contributed by atoms with Crippen molar-refractivity contribution in [3.63, 3.8) is 0 Å². The van der Waals surface area contributed by atoms with Gasteiger partial charge < -0.3 is 30.0 Å². The first kappa shape index (κ1) is 26.6. The zero-order chi connectivity index (χ0) is 25.1. The fraction of sp³-hybridized carbons (Fsp3) is 0.739. The van der Waals surface area contributed by atoms with Gasteiger partial charge in [-0.05, 0) is 33.6 Å². The van der Waals surface area contributed by atoms with Gasteiger partial charge in [-0.3, -0.25) is 9.59 Å². The molecule has 0 bridgehead atoms. The molecular weight excluding hydrogens is 432 g/mol. The van der Waals surface area contributed by atoms with Crippen LogP contribution < -0.4 is 10.6 Å². The Morgan fingerprint density at radius 3 is 2.42 bits per heavy atom. The number of hydrogen-bond donors (Lipinski definition) is 3. The fourth-order valence-corrected chi connectivity index (χ4v) is 4.61. The highest BCUT2D eigenvalue weighted by Gasteiger charge is 2.76. The normalized spacial score (nSPS) is 29.7. The lowest BCUT2D eigenvalue weighted by Crippen LogP contribution is -2.62. The molecule has 0 aromatic carbocycles. The van der Waals surface area contributed by atoms with E-state index in [1.807, 2.05) is 6.92 Å². The van der Waals surface area contributed by atoms with Crippen LogP contribution in [0.5, 0.6) is 0 Å². The van der Waals surface area contributed by atoms with Crippen molar-refractivity contribution in [2.75, 3.05) is 6.61 Å². The molecule has 33 heavy (non-hydrogen) atoms. The molecule has 0 heterocycles. The summed E-state index contributed by atoms with van der Waals surface area (Å²) in [6.45, 7) is 13.8. The number of nitrogens with one attached hydrogen (secondary N) is 2. The maximum Gasteiger partial charge on any atom is 0.408 e. The SMILES string of the molecule is C=COC(=O)[C@H]1[C@H]2[C@@H]1[C@@](NC(=O)[C@@H](NC(=O)OC(C)(C)C)[C@@H](C)CC)(C(=O)OCC)C[C@@H]2O.[HH]. The average molecular weight is 471 g/mol. The topological polar surface area (TPSA) is 140 Å². The minimum absolute atomic E-state index is 0. The molecule has 10 heteroatoms. The second kappa shape index (κ2) is 10.1. The molecule has 0 aliphatic heterocycles. The summed E-state index contributed by atoms with van der Waals surface area (Å²) in [4.78, 5) is 51.1. The predicted octanol–water partition coefficient (Wildman–Crippen LogP) is 1.90. The standard InChI is InChI=1S/C23H36N2O8.H2/c1-8-12(4)17(24-21(30)33-22(5,6)7)18(27)25-23(20(29)32-10-3)11-13(26)14-15(16(14)23)19(28)31-9-2;/h9,12-17,26H,2,8,10-11H2,1,3-7H3,(H,24,30)(H,25,27);1H/t12-,13-,14-,15-,16-,17-,23+;/m0./s1. The van der Waals surface area contributed by atoms with Crippen LogP contribution in [0.15, 0.2) is 12.8 Å². The molecule has 0 saturated heterocycles. The molecule has 0 aromatic heterocycles. The van der Waals surface area contributed by atoms with Crippen molar-refractivity contribution in [3.05, 3.63) is 12.8 Å². The summed E-state index contributed by atoms with van der Waals surface area (Å²) in [5.74, 6) is -4.31. The molecule has 0 spiro atoms. The summed E-state index contributed by atoms with van der Waals surface area (Å²) >= 11 is 0. The minimum Gasteiger partial charge on any atom is -0.464 e. The molecule has 2 rings (SSSR count). The molecule has 3 N–H and O–H groups in total. The van der Waals surface area contributed by atoms with E-state index in [0.29, 0.717) is 6.42 Å². The highest BCUT2D eigenvalue weighted by molar-refractivity contribution is 5.94. The molecular formula is C23H38N2O8. The molecule has 188 valence electrons. The van der Waals surface area contributed by atoms with Gasteiger partial charge in [0.2, 0.25) is 5.91 Å². The minimum atomic E-state index is -1.62. The number of esters is 2. The number of alkyl carbamates (subject to hydrolysis) is 1. The molecule has 0 radical (unpaired) electrons. The molecule has 10 nitrogen and oxygen atoms in total. The van der Waals surface area contributed by atoms with Crippen molar-refractivity contribution in [1.82, 2.24) is 10.6 Å². The van der Waals surface area contributed by atoms with E-state index in [1.165, 1.54) is 0 Å². The van der Waals surface area contributed by atoms with Crippen LogP contribution in [0.25, 0.3) is 0 Å². The number of aliphatic hydroxyl groups excluding tert-OH is 1. The van der Waals surface area contributed by atoms with Crippen LogP contribution in [0.2, 0.25) is 0 Å². The van der Waals surface area contributed by atoms with Gasteiger partial charge in [-0.25, -0.2) is 9.59 Å². The largest absolute Gasteiger partial charge is 0.464 e. The Morgan fingerprint density at radius 2 is 1.91 bits per heavy atom. The van der Waals surface area contributed by atoms with Crippen LogP contribution >= 0.6 is 0 Å². The van der Waals surface area contributed by atoms with E-state index in [-0.39, 0.29) is 20.4 Å². The molecule has 2 amide bonds. The molecule has 7 atom stereocenters. The van der Waals surface area contributed by atoms with Gasteiger partial charge in [0.05, 0.1) is 24.9 Å². The third-order valence-corrected chi connectivity index (χ3v) is 6.25. The van der Waals surface area contributed by atoms with Crippen molar-refractivity contribution in [2.45, 2.75) is 77.7 Å². The Morgan fingerprint density at radius 1 is 1.27 bits per heavy atom. The van der Waals surface area contributed by atoms with Crippen LogP contribution in [0.4, 0.5) is 4.79 Å². The lowest BCUT2D eigenvalue weighted by Gasteiger charge is -2.34. The van der Waals surface area contributed by atoms with E-state index < -0.39 is 65.0 Å². The van der Waals surface area contributed by atoms with Crippen molar-refractivity contribution in [2.24, 2.45) is 23.7 Å². The van der Waals surface area contributed by atoms with Gasteiger partial charge in [-0.2, -0.15) is 0 Å². The maximum absolute atomic E-state index is 13.4. The van der Waals surface area contributed by atoms with Gasteiger partial charge in [-0.1, -0.05) is 26.8 Å². The van der Waals surface area contributed by atoms with Crippen LogP contribution in [0, 0.1) is 23.7 Å². The lowest BCUT2D eigenvalue weighted by molar-refractivity contribution is -0.156. The summed E-state index contributed by atoms with van der Waals surface area (Å²) < 4.78 is 15.4. The third-order valence-electron chi connectivity index (χ3n) is 6.25. The number of rotatable bonds is 9. The lowest BCUT2D eigenvalue weighted by atomic mass is 9.88. The van der Waals surface area contributed by atoms with E-state index in [2.05, 4.69) is 17.2 Å². The van der Waals surface area contributed by atoms with Gasteiger partial charge in [0, 0.05) is 19.7 Å². The first-order valence-electron chi connectivity index (χ1n) is 11.3. The molecule has 2 aliphatic carbocycles. The van der Waals surface area contributed by atoms with Gasteiger partial charge in [0.15, 0.2) is 0 Å². The van der Waals surface area contributed by atoms with Crippen LogP contribution in [-0.4, -0.2) is 58.9 Å². The Kier molecular flexibility index (Phi) is 8.16. The maximum atomic E-state index is 13.4.